The Morgan fingerprint density at radius 1 is 1.14 bits per heavy atom. The van der Waals surface area contributed by atoms with Crippen molar-refractivity contribution in [2.45, 2.75) is 36.0 Å². The highest BCUT2D eigenvalue weighted by Crippen LogP contribution is 2.47. The fourth-order valence-corrected chi connectivity index (χ4v) is 5.08. The maximum absolute atomic E-state index is 15.3. The highest BCUT2D eigenvalue weighted by atomic mass is 35.5. The molecule has 2 aliphatic heterocycles. The van der Waals surface area contributed by atoms with Crippen LogP contribution >= 0.6 is 34.8 Å². The zero-order valence-corrected chi connectivity index (χ0v) is 21.5. The molecule has 2 aromatic rings. The van der Waals surface area contributed by atoms with E-state index in [-0.39, 0.29) is 45.0 Å². The van der Waals surface area contributed by atoms with Gasteiger partial charge in [0.2, 0.25) is 5.91 Å². The van der Waals surface area contributed by atoms with E-state index in [2.05, 4.69) is 10.5 Å². The summed E-state index contributed by atoms with van der Waals surface area (Å²) >= 11 is 15.5. The van der Waals surface area contributed by atoms with Gasteiger partial charge in [0.15, 0.2) is 22.3 Å². The molecule has 2 N–H and O–H groups in total. The summed E-state index contributed by atoms with van der Waals surface area (Å²) < 4.78 is 78.2. The molecule has 1 fully saturated rings. The van der Waals surface area contributed by atoms with Crippen LogP contribution in [0.2, 0.25) is 15.1 Å². The van der Waals surface area contributed by atoms with Crippen LogP contribution < -0.4 is 5.43 Å². The summed E-state index contributed by atoms with van der Waals surface area (Å²) in [5.74, 6) is -0.641. The highest BCUT2D eigenvalue weighted by Gasteiger charge is 2.59. The molecule has 0 aliphatic carbocycles. The number of benzene rings is 2. The minimum atomic E-state index is -4.78. The Balaban J connectivity index is 1.53. The van der Waals surface area contributed by atoms with Gasteiger partial charge in [0, 0.05) is 6.42 Å². The van der Waals surface area contributed by atoms with Crippen LogP contribution in [-0.4, -0.2) is 49.8 Å². The zero-order valence-electron chi connectivity index (χ0n) is 18.4. The predicted molar refractivity (Wildman–Crippen MR) is 130 cm³/mol. The molecule has 1 amide bonds. The highest BCUT2D eigenvalue weighted by molar-refractivity contribution is 7.80. The molecule has 3 atom stereocenters. The molecule has 4 rings (SSSR count). The van der Waals surface area contributed by atoms with Crippen molar-refractivity contribution in [2.75, 3.05) is 13.1 Å². The third-order valence-electron chi connectivity index (χ3n) is 6.36. The molecule has 0 radical (unpaired) electrons. The number of alkyl halides is 4. The van der Waals surface area contributed by atoms with Crippen molar-refractivity contribution in [2.24, 2.45) is 5.10 Å². The Hall–Kier alpha value is -1.92. The second-order valence-electron chi connectivity index (χ2n) is 8.66. The van der Waals surface area contributed by atoms with Crippen LogP contribution in [0.1, 0.15) is 30.0 Å². The molecule has 3 unspecified atom stereocenters. The summed E-state index contributed by atoms with van der Waals surface area (Å²) in [4.78, 5) is 13.2. The van der Waals surface area contributed by atoms with Crippen LogP contribution in [0.4, 0.5) is 17.6 Å². The molecule has 1 saturated heterocycles. The van der Waals surface area contributed by atoms with Crippen LogP contribution in [0.15, 0.2) is 41.5 Å². The van der Waals surface area contributed by atoms with E-state index in [0.29, 0.717) is 5.56 Å². The second kappa shape index (κ2) is 9.43. The molecule has 0 saturated carbocycles. The number of likely N-dealkylation sites (tertiary alicyclic amines) is 1. The number of rotatable bonds is 5. The first-order valence-corrected chi connectivity index (χ1v) is 12.7. The molecule has 6 nitrogen and oxygen atoms in total. The SMILES string of the molecule is CC(C(=O)N1CC(F)(c2ccc(C3=NNC(c4cc(Cl)c(Cl)c(Cl)c4)(C(F)(F)F)C3)cc2)C1)S(=O)O. The van der Waals surface area contributed by atoms with Crippen molar-refractivity contribution >= 4 is 57.5 Å². The van der Waals surface area contributed by atoms with Crippen LogP contribution in [0.5, 0.6) is 0 Å². The lowest BCUT2D eigenvalue weighted by atomic mass is 9.83. The van der Waals surface area contributed by atoms with Crippen molar-refractivity contribution in [3.05, 3.63) is 68.2 Å². The number of carbonyl (C=O) groups excluding carboxylic acids is 1. The second-order valence-corrected chi connectivity index (χ2v) is 11.1. The van der Waals surface area contributed by atoms with Crippen molar-refractivity contribution in [3.8, 4) is 0 Å². The Morgan fingerprint density at radius 2 is 1.69 bits per heavy atom. The number of hydrogen-bond acceptors (Lipinski definition) is 4. The number of hydrazone groups is 1. The number of carbonyl (C=O) groups is 1. The van der Waals surface area contributed by atoms with Crippen LogP contribution in [-0.2, 0) is 27.1 Å². The molecule has 194 valence electrons. The van der Waals surface area contributed by atoms with Gasteiger partial charge in [0.25, 0.3) is 0 Å². The van der Waals surface area contributed by atoms with Gasteiger partial charge in [-0.25, -0.2) is 8.60 Å². The maximum Gasteiger partial charge on any atom is 0.417 e. The fourth-order valence-electron chi connectivity index (χ4n) is 4.16. The molecule has 2 heterocycles. The summed E-state index contributed by atoms with van der Waals surface area (Å²) in [7, 11) is 0. The van der Waals surface area contributed by atoms with Crippen LogP contribution in [0.25, 0.3) is 0 Å². The number of amides is 1. The van der Waals surface area contributed by atoms with Gasteiger partial charge in [-0.15, -0.1) is 0 Å². The van der Waals surface area contributed by atoms with Gasteiger partial charge < -0.3 is 9.45 Å². The fraction of sp³-hybridized carbons (Fsp3) is 0.364. The lowest BCUT2D eigenvalue weighted by Gasteiger charge is -2.45. The monoisotopic (exact) mass is 585 g/mol. The van der Waals surface area contributed by atoms with E-state index >= 15 is 4.39 Å². The minimum Gasteiger partial charge on any atom is -0.334 e. The van der Waals surface area contributed by atoms with Gasteiger partial charge >= 0.3 is 6.18 Å². The normalized spacial score (nSPS) is 22.9. The van der Waals surface area contributed by atoms with E-state index in [4.69, 9.17) is 39.4 Å². The van der Waals surface area contributed by atoms with Crippen molar-refractivity contribution in [1.29, 1.82) is 0 Å². The molecule has 2 aliphatic rings. The molecular formula is C22H18Cl3F4N3O3S. The molecular weight excluding hydrogens is 569 g/mol. The quantitative estimate of drug-likeness (QED) is 0.279. The summed E-state index contributed by atoms with van der Waals surface area (Å²) in [6.07, 6.45) is -5.36. The molecule has 2 aromatic carbocycles. The van der Waals surface area contributed by atoms with Crippen LogP contribution in [0, 0.1) is 0 Å². The van der Waals surface area contributed by atoms with Crippen molar-refractivity contribution < 1.29 is 31.1 Å². The average Bonchev–Trinajstić information content (AvgIpc) is 3.26. The molecule has 14 heteroatoms. The van der Waals surface area contributed by atoms with Gasteiger partial charge in [-0.2, -0.15) is 18.3 Å². The first-order valence-electron chi connectivity index (χ1n) is 10.4. The summed E-state index contributed by atoms with van der Waals surface area (Å²) in [5.41, 5.74) is -1.91. The van der Waals surface area contributed by atoms with Gasteiger partial charge in [0.1, 0.15) is 5.25 Å². The smallest absolute Gasteiger partial charge is 0.334 e. The Morgan fingerprint density at radius 3 is 2.19 bits per heavy atom. The third-order valence-corrected chi connectivity index (χ3v) is 8.36. The molecule has 36 heavy (non-hydrogen) atoms. The molecule has 0 spiro atoms. The first-order chi connectivity index (χ1) is 16.7. The van der Waals surface area contributed by atoms with Gasteiger partial charge in [0.05, 0.1) is 33.9 Å². The van der Waals surface area contributed by atoms with Gasteiger partial charge in [-0.3, -0.25) is 10.2 Å². The van der Waals surface area contributed by atoms with Gasteiger partial charge in [-0.1, -0.05) is 59.1 Å². The van der Waals surface area contributed by atoms with E-state index in [1.54, 1.807) is 0 Å². The standard InChI is InChI=1S/C22H18Cl3F4N3O3S/c1-11(36(34)35)19(33)32-9-20(26,10-32)13-4-2-12(3-5-13)17-8-21(31-30-17,22(27,28)29)14-6-15(23)18(25)16(24)7-14/h2-7,11,31H,8-10H2,1H3,(H,34,35). The van der Waals surface area contributed by atoms with E-state index in [9.17, 15) is 22.2 Å². The number of nitrogens with zero attached hydrogens (tertiary/aromatic N) is 2. The van der Waals surface area contributed by atoms with E-state index in [0.717, 1.165) is 17.0 Å². The lowest BCUT2D eigenvalue weighted by molar-refractivity contribution is -0.196. The number of nitrogens with one attached hydrogen (secondary N) is 1. The Labute approximate surface area is 220 Å². The number of hydrogen-bond donors (Lipinski definition) is 2. The van der Waals surface area contributed by atoms with E-state index < -0.39 is 46.0 Å². The van der Waals surface area contributed by atoms with E-state index in [1.807, 2.05) is 0 Å². The van der Waals surface area contributed by atoms with Gasteiger partial charge in [-0.05, 0) is 35.7 Å². The Kier molecular flexibility index (Phi) is 7.11. The summed E-state index contributed by atoms with van der Waals surface area (Å²) in [5, 5.41) is 2.40. The first kappa shape index (κ1) is 27.1. The van der Waals surface area contributed by atoms with Crippen molar-refractivity contribution in [1.82, 2.24) is 10.3 Å². The topological polar surface area (TPSA) is 82.0 Å². The largest absolute Gasteiger partial charge is 0.417 e. The molecule has 0 aromatic heterocycles. The Bertz CT molecular complexity index is 1250. The predicted octanol–water partition coefficient (Wildman–Crippen LogP) is 5.42. The minimum absolute atomic E-state index is 0.0652. The lowest BCUT2D eigenvalue weighted by Crippen LogP contribution is -2.61. The number of halogens is 7. The third kappa shape index (κ3) is 4.60. The van der Waals surface area contributed by atoms with E-state index in [1.165, 1.54) is 31.2 Å². The molecule has 0 bridgehead atoms. The zero-order chi connectivity index (χ0) is 26.6. The van der Waals surface area contributed by atoms with Crippen molar-refractivity contribution in [3.63, 3.8) is 0 Å². The van der Waals surface area contributed by atoms with Crippen LogP contribution in [0.3, 0.4) is 0 Å². The summed E-state index contributed by atoms with van der Waals surface area (Å²) in [6.45, 7) is 0.670. The summed E-state index contributed by atoms with van der Waals surface area (Å²) in [6, 6.07) is 7.89. The average molecular weight is 587 g/mol. The maximum atomic E-state index is 15.3.